The molecule has 6 fully saturated rings. The number of anilines is 1. The number of aromatic nitrogens is 4. The fraction of sp³-hybridized carbons (Fsp3) is 0.425. The van der Waals surface area contributed by atoms with Gasteiger partial charge in [-0.25, -0.2) is 14.4 Å². The van der Waals surface area contributed by atoms with Crippen LogP contribution in [0.15, 0.2) is 48.9 Å². The molecule has 2 aliphatic carbocycles. The molecular weight excluding hydrogens is 698 g/mol. The molecule has 11 rings (SSSR count). The van der Waals surface area contributed by atoms with Crippen molar-refractivity contribution >= 4 is 56.7 Å². The number of fused-ring (bicyclic) bond motifs is 6. The van der Waals surface area contributed by atoms with E-state index in [-0.39, 0.29) is 52.8 Å². The number of hydrogen-bond acceptors (Lipinski definition) is 7. The molecule has 3 aromatic heterocycles. The fourth-order valence-electron chi connectivity index (χ4n) is 9.95. The molecule has 5 aromatic rings. The zero-order chi connectivity index (χ0) is 35.4. The Labute approximate surface area is 310 Å². The maximum Gasteiger partial charge on any atom is 0.226 e. The van der Waals surface area contributed by atoms with Crippen LogP contribution in [0.1, 0.15) is 61.1 Å². The first-order chi connectivity index (χ1) is 25.3. The van der Waals surface area contributed by atoms with Gasteiger partial charge in [0.25, 0.3) is 0 Å². The van der Waals surface area contributed by atoms with Crippen molar-refractivity contribution in [2.75, 3.05) is 24.5 Å². The number of piperidine rings is 1. The van der Waals surface area contributed by atoms with Crippen molar-refractivity contribution in [3.63, 3.8) is 0 Å². The third kappa shape index (κ3) is 4.82. The maximum absolute atomic E-state index is 17.3. The van der Waals surface area contributed by atoms with Gasteiger partial charge in [0, 0.05) is 89.6 Å². The predicted molar refractivity (Wildman–Crippen MR) is 199 cm³/mol. The summed E-state index contributed by atoms with van der Waals surface area (Å²) in [5.41, 5.74) is 4.57. The molecule has 12 heteroatoms. The van der Waals surface area contributed by atoms with Gasteiger partial charge in [0.2, 0.25) is 5.91 Å². The number of carbonyl (C=O) groups excluding carboxylic acids is 1. The first-order valence-corrected chi connectivity index (χ1v) is 19.1. The zero-order valence-electron chi connectivity index (χ0n) is 28.7. The zero-order valence-corrected chi connectivity index (χ0v) is 30.2. The van der Waals surface area contributed by atoms with E-state index in [1.165, 1.54) is 0 Å². The van der Waals surface area contributed by atoms with Crippen molar-refractivity contribution in [2.24, 2.45) is 17.8 Å². The number of nitriles is 1. The molecule has 0 unspecified atom stereocenters. The Morgan fingerprint density at radius 2 is 1.98 bits per heavy atom. The summed E-state index contributed by atoms with van der Waals surface area (Å²) < 4.78 is 19.8. The molecule has 6 aliphatic rings. The Morgan fingerprint density at radius 1 is 1.12 bits per heavy atom. The average Bonchev–Trinajstić information content (AvgIpc) is 3.43. The summed E-state index contributed by atoms with van der Waals surface area (Å²) in [6.07, 6.45) is 9.67. The van der Waals surface area contributed by atoms with Crippen molar-refractivity contribution in [1.29, 1.82) is 5.26 Å². The van der Waals surface area contributed by atoms with Gasteiger partial charge in [-0.05, 0) is 68.7 Å². The maximum atomic E-state index is 17.3. The minimum atomic E-state index is -0.467. The second-order valence-electron chi connectivity index (χ2n) is 15.4. The topological polar surface area (TPSA) is 103 Å². The normalized spacial score (nSPS) is 26.3. The number of likely N-dealkylation sites (tertiary alicyclic amines) is 1. The van der Waals surface area contributed by atoms with Gasteiger partial charge < -0.3 is 19.7 Å². The number of pyridine rings is 1. The molecule has 4 bridgehead atoms. The molecule has 1 amide bonds. The van der Waals surface area contributed by atoms with Crippen LogP contribution in [0, 0.1) is 41.8 Å². The molecule has 0 spiro atoms. The lowest BCUT2D eigenvalue weighted by Gasteiger charge is -2.40. The fourth-order valence-corrected chi connectivity index (χ4v) is 10.3. The van der Waals surface area contributed by atoms with Gasteiger partial charge >= 0.3 is 0 Å². The third-order valence-corrected chi connectivity index (χ3v) is 13.2. The van der Waals surface area contributed by atoms with Gasteiger partial charge in [-0.3, -0.25) is 9.78 Å². The molecule has 52 heavy (non-hydrogen) atoms. The van der Waals surface area contributed by atoms with Crippen LogP contribution in [0.25, 0.3) is 32.9 Å². The molecule has 6 atom stereocenters. The number of halogens is 3. The van der Waals surface area contributed by atoms with E-state index < -0.39 is 5.82 Å². The average molecular weight is 736 g/mol. The number of benzene rings is 2. The summed E-state index contributed by atoms with van der Waals surface area (Å²) in [5, 5.41) is 15.7. The quantitative estimate of drug-likeness (QED) is 0.184. The number of amides is 1. The molecule has 4 aliphatic heterocycles. The van der Waals surface area contributed by atoms with Crippen LogP contribution in [0.5, 0.6) is 0 Å². The van der Waals surface area contributed by atoms with Gasteiger partial charge in [0.05, 0.1) is 46.0 Å². The molecule has 1 N–H and O–H groups in total. The van der Waals surface area contributed by atoms with Crippen molar-refractivity contribution < 1.29 is 9.18 Å². The third-order valence-electron chi connectivity index (χ3n) is 12.4. The van der Waals surface area contributed by atoms with E-state index in [9.17, 15) is 10.1 Å². The first kappa shape index (κ1) is 32.4. The second-order valence-corrected chi connectivity index (χ2v) is 16.1. The summed E-state index contributed by atoms with van der Waals surface area (Å²) in [7, 11) is 0. The minimum absolute atomic E-state index is 0.0533. The van der Waals surface area contributed by atoms with Crippen molar-refractivity contribution in [2.45, 2.75) is 69.6 Å². The van der Waals surface area contributed by atoms with Crippen LogP contribution >= 0.6 is 23.2 Å². The lowest BCUT2D eigenvalue weighted by Crippen LogP contribution is -2.45. The van der Waals surface area contributed by atoms with Crippen LogP contribution in [-0.4, -0.2) is 62.0 Å². The monoisotopic (exact) mass is 734 g/mol. The van der Waals surface area contributed by atoms with Crippen LogP contribution in [0.3, 0.4) is 0 Å². The Morgan fingerprint density at radius 3 is 2.71 bits per heavy atom. The predicted octanol–water partition coefficient (Wildman–Crippen LogP) is 7.58. The Bertz CT molecular complexity index is 2320. The van der Waals surface area contributed by atoms with Crippen LogP contribution in [0.4, 0.5) is 10.2 Å². The first-order valence-electron chi connectivity index (χ1n) is 18.4. The summed E-state index contributed by atoms with van der Waals surface area (Å²) >= 11 is 13.2. The molecule has 2 aromatic carbocycles. The van der Waals surface area contributed by atoms with Crippen molar-refractivity contribution in [1.82, 2.24) is 29.7 Å². The highest BCUT2D eigenvalue weighted by Crippen LogP contribution is 2.54. The van der Waals surface area contributed by atoms with E-state index in [0.717, 1.165) is 66.9 Å². The lowest BCUT2D eigenvalue weighted by molar-refractivity contribution is -0.135. The number of hydrogen-bond donors (Lipinski definition) is 1. The van der Waals surface area contributed by atoms with E-state index >= 15 is 4.39 Å². The molecule has 4 saturated heterocycles. The van der Waals surface area contributed by atoms with E-state index in [2.05, 4.69) is 41.8 Å². The summed E-state index contributed by atoms with van der Waals surface area (Å²) in [6.45, 7) is 4.36. The summed E-state index contributed by atoms with van der Waals surface area (Å²) in [6, 6.07) is 12.1. The van der Waals surface area contributed by atoms with Crippen molar-refractivity contribution in [3.05, 3.63) is 81.7 Å². The van der Waals surface area contributed by atoms with Crippen LogP contribution < -0.4 is 10.2 Å². The minimum Gasteiger partial charge on any atom is -0.353 e. The number of nitrogens with one attached hydrogen (secondary N) is 1. The highest BCUT2D eigenvalue weighted by atomic mass is 35.5. The molecule has 9 nitrogen and oxygen atoms in total. The summed E-state index contributed by atoms with van der Waals surface area (Å²) in [5.74, 6) is 1.29. The number of aryl methyl sites for hydroxylation is 2. The molecule has 264 valence electrons. The largest absolute Gasteiger partial charge is 0.353 e. The standard InChI is InChI=1S/C40H37Cl2FN8O/c1-20-27-15-31(38-24-12-25(50(38)40(52)21-7-8-21)19-49(18-24)32-17-45-10-11-46-32)51(37-23-14-30(37)47-16-23)39(27)28-13-22(4-3-9-44)33(35(43)36(28)48-20)26-5-2-6-29(41)34(26)42/h2,5-6,10-11,13,15,17,21,23-25,30,37-38,47H,3-4,7-8,12,14,16,18-19H2,1H3/t23-,24+,25-,30-,37+,38-/m1/s1. The molecule has 7 heterocycles. The van der Waals surface area contributed by atoms with E-state index in [0.29, 0.717) is 52.0 Å². The summed E-state index contributed by atoms with van der Waals surface area (Å²) in [4.78, 5) is 32.8. The van der Waals surface area contributed by atoms with Gasteiger partial charge in [-0.1, -0.05) is 35.3 Å². The molecule has 0 radical (unpaired) electrons. The number of nitrogens with zero attached hydrogens (tertiary/aromatic N) is 7. The van der Waals surface area contributed by atoms with Crippen LogP contribution in [0.2, 0.25) is 10.0 Å². The Kier molecular flexibility index (Phi) is 7.54. The highest BCUT2D eigenvalue weighted by molar-refractivity contribution is 6.43. The number of carbonyl (C=O) groups is 1. The molecule has 2 saturated carbocycles. The second kappa shape index (κ2) is 12.1. The van der Waals surface area contributed by atoms with Gasteiger partial charge in [-0.15, -0.1) is 0 Å². The van der Waals surface area contributed by atoms with E-state index in [1.54, 1.807) is 30.6 Å². The van der Waals surface area contributed by atoms with Gasteiger partial charge in [0.1, 0.15) is 11.3 Å². The SMILES string of the molecule is Cc1nc2c(F)c(-c3cccc(Cl)c3Cl)c(CCC#N)cc2c2c1cc([C@H]1[C@H]3C[C@H](CN(c4cnccn4)C3)N1C(=O)C1CC1)n2[C@H]1[C@H]2CN[C@@H]1C2. The van der Waals surface area contributed by atoms with E-state index in [4.69, 9.17) is 28.2 Å². The Hall–Kier alpha value is -4.30. The van der Waals surface area contributed by atoms with E-state index in [1.807, 2.05) is 19.2 Å². The molecular formula is C40H37Cl2FN8O. The Balaban J connectivity index is 1.22. The smallest absolute Gasteiger partial charge is 0.226 e. The van der Waals surface area contributed by atoms with Gasteiger partial charge in [0.15, 0.2) is 5.82 Å². The lowest BCUT2D eigenvalue weighted by atomic mass is 9.79. The van der Waals surface area contributed by atoms with Crippen molar-refractivity contribution in [3.8, 4) is 17.2 Å². The van der Waals surface area contributed by atoms with Crippen LogP contribution in [-0.2, 0) is 11.2 Å². The van der Waals surface area contributed by atoms with Gasteiger partial charge in [-0.2, -0.15) is 5.26 Å². The number of rotatable bonds is 7. The highest BCUT2D eigenvalue weighted by Gasteiger charge is 2.55.